The molecular weight excluding hydrogens is 262 g/mol. The van der Waals surface area contributed by atoms with Crippen LogP contribution < -0.4 is 0 Å². The quantitative estimate of drug-likeness (QED) is 0.902. The number of carbonyl (C=O) groups is 2. The summed E-state index contributed by atoms with van der Waals surface area (Å²) >= 11 is 1.73. The minimum Gasteiger partial charge on any atom is -0.481 e. The number of hydrogen-bond donors (Lipinski definition) is 1. The number of carbonyl (C=O) groups excluding carboxylic acids is 1. The van der Waals surface area contributed by atoms with Crippen LogP contribution in [0.1, 0.15) is 35.6 Å². The van der Waals surface area contributed by atoms with Gasteiger partial charge in [-0.3, -0.25) is 9.59 Å². The van der Waals surface area contributed by atoms with Gasteiger partial charge in [0.15, 0.2) is 0 Å². The van der Waals surface area contributed by atoms with E-state index in [2.05, 4.69) is 11.4 Å². The molecule has 2 heterocycles. The van der Waals surface area contributed by atoms with Crippen molar-refractivity contribution in [3.8, 4) is 0 Å². The first-order chi connectivity index (χ1) is 9.16. The maximum absolute atomic E-state index is 12.6. The maximum Gasteiger partial charge on any atom is 0.308 e. The van der Waals surface area contributed by atoms with Gasteiger partial charge in [0.1, 0.15) is 0 Å². The molecule has 19 heavy (non-hydrogen) atoms. The van der Waals surface area contributed by atoms with E-state index in [9.17, 15) is 9.59 Å². The van der Waals surface area contributed by atoms with Crippen LogP contribution in [0.25, 0.3) is 0 Å². The van der Waals surface area contributed by atoms with Gasteiger partial charge in [0.05, 0.1) is 11.8 Å². The van der Waals surface area contributed by atoms with Crippen molar-refractivity contribution in [3.63, 3.8) is 0 Å². The highest BCUT2D eigenvalue weighted by Gasteiger charge is 2.36. The third kappa shape index (κ3) is 2.27. The summed E-state index contributed by atoms with van der Waals surface area (Å²) in [4.78, 5) is 26.6. The third-order valence-electron chi connectivity index (χ3n) is 4.20. The van der Waals surface area contributed by atoms with E-state index in [1.807, 2.05) is 0 Å². The second kappa shape index (κ2) is 4.96. The van der Waals surface area contributed by atoms with Crippen molar-refractivity contribution in [2.24, 2.45) is 5.92 Å². The van der Waals surface area contributed by atoms with E-state index in [0.29, 0.717) is 19.5 Å². The Bertz CT molecular complexity index is 511. The van der Waals surface area contributed by atoms with Crippen LogP contribution in [0.2, 0.25) is 0 Å². The summed E-state index contributed by atoms with van der Waals surface area (Å²) in [5.74, 6) is -1.07. The van der Waals surface area contributed by atoms with Crippen molar-refractivity contribution >= 4 is 23.2 Å². The van der Waals surface area contributed by atoms with Crippen molar-refractivity contribution in [2.45, 2.75) is 31.6 Å². The summed E-state index contributed by atoms with van der Waals surface area (Å²) in [6.07, 6.45) is 3.62. The van der Waals surface area contributed by atoms with Crippen LogP contribution in [0.4, 0.5) is 0 Å². The number of nitrogens with zero attached hydrogens (tertiary/aromatic N) is 1. The van der Waals surface area contributed by atoms with Crippen molar-refractivity contribution in [2.75, 3.05) is 13.1 Å². The van der Waals surface area contributed by atoms with Gasteiger partial charge in [-0.2, -0.15) is 0 Å². The maximum atomic E-state index is 12.6. The fourth-order valence-corrected chi connectivity index (χ4v) is 4.11. The molecule has 2 atom stereocenters. The van der Waals surface area contributed by atoms with Crippen molar-refractivity contribution in [3.05, 3.63) is 21.9 Å². The number of carboxylic acid groups (broad SMARTS) is 1. The molecule has 0 aromatic carbocycles. The monoisotopic (exact) mass is 279 g/mol. The molecule has 0 saturated carbocycles. The van der Waals surface area contributed by atoms with Gasteiger partial charge in [0.2, 0.25) is 5.91 Å². The smallest absolute Gasteiger partial charge is 0.308 e. The number of aryl methyl sites for hydroxylation is 1. The van der Waals surface area contributed by atoms with Gasteiger partial charge in [-0.1, -0.05) is 0 Å². The van der Waals surface area contributed by atoms with Crippen molar-refractivity contribution in [1.82, 2.24) is 4.90 Å². The highest BCUT2D eigenvalue weighted by Crippen LogP contribution is 2.36. The molecule has 2 unspecified atom stereocenters. The molecule has 102 valence electrons. The first-order valence-electron chi connectivity index (χ1n) is 6.74. The molecule has 1 amide bonds. The van der Waals surface area contributed by atoms with Crippen molar-refractivity contribution in [1.29, 1.82) is 0 Å². The molecule has 1 aromatic rings. The predicted octanol–water partition coefficient (Wildman–Crippen LogP) is 2.10. The first-order valence-corrected chi connectivity index (χ1v) is 7.62. The number of carboxylic acids is 1. The summed E-state index contributed by atoms with van der Waals surface area (Å²) in [7, 11) is 0. The lowest BCUT2D eigenvalue weighted by Crippen LogP contribution is -2.35. The van der Waals surface area contributed by atoms with Gasteiger partial charge in [0, 0.05) is 18.0 Å². The zero-order chi connectivity index (χ0) is 13.4. The summed E-state index contributed by atoms with van der Waals surface area (Å²) in [5.41, 5.74) is 1.18. The minimum atomic E-state index is -0.782. The Hall–Kier alpha value is -1.36. The molecule has 0 spiro atoms. The fourth-order valence-electron chi connectivity index (χ4n) is 3.13. The number of rotatable bonds is 2. The Morgan fingerprint density at radius 3 is 2.95 bits per heavy atom. The van der Waals surface area contributed by atoms with E-state index in [0.717, 1.165) is 19.3 Å². The molecule has 1 saturated heterocycles. The third-order valence-corrected chi connectivity index (χ3v) is 5.20. The molecule has 3 rings (SSSR count). The number of likely N-dealkylation sites (tertiary alicyclic amines) is 1. The summed E-state index contributed by atoms with van der Waals surface area (Å²) in [6, 6.07) is 2.06. The molecule has 5 heteroatoms. The number of fused-ring (bicyclic) bond motifs is 1. The number of hydrogen-bond acceptors (Lipinski definition) is 3. The highest BCUT2D eigenvalue weighted by molar-refractivity contribution is 7.10. The topological polar surface area (TPSA) is 57.6 Å². The normalized spacial score (nSPS) is 26.2. The molecule has 0 bridgehead atoms. The molecule has 1 aromatic heterocycles. The number of thiophene rings is 1. The molecular formula is C14H17NO3S. The molecule has 1 aliphatic heterocycles. The van der Waals surface area contributed by atoms with E-state index >= 15 is 0 Å². The first kappa shape index (κ1) is 12.7. The van der Waals surface area contributed by atoms with Crippen LogP contribution in [0.3, 0.4) is 0 Å². The molecule has 0 radical (unpaired) electrons. The number of aliphatic carboxylic acids is 1. The summed E-state index contributed by atoms with van der Waals surface area (Å²) < 4.78 is 0. The SMILES string of the molecule is O=C(O)C1CCN(C(=O)C2CCCc3sccc32)C1. The van der Waals surface area contributed by atoms with E-state index in [4.69, 9.17) is 5.11 Å². The molecule has 4 nitrogen and oxygen atoms in total. The predicted molar refractivity (Wildman–Crippen MR) is 72.3 cm³/mol. The molecule has 1 fully saturated rings. The van der Waals surface area contributed by atoms with Crippen LogP contribution in [0, 0.1) is 5.92 Å². The van der Waals surface area contributed by atoms with E-state index < -0.39 is 5.97 Å². The number of amides is 1. The Kier molecular flexibility index (Phi) is 3.31. The van der Waals surface area contributed by atoms with Gasteiger partial charge in [-0.15, -0.1) is 11.3 Å². The van der Waals surface area contributed by atoms with Crippen LogP contribution >= 0.6 is 11.3 Å². The Labute approximate surface area is 116 Å². The highest BCUT2D eigenvalue weighted by atomic mass is 32.1. The van der Waals surface area contributed by atoms with Crippen molar-refractivity contribution < 1.29 is 14.7 Å². The van der Waals surface area contributed by atoms with Crippen LogP contribution in [-0.4, -0.2) is 35.0 Å². The van der Waals surface area contributed by atoms with Gasteiger partial charge < -0.3 is 10.0 Å². The lowest BCUT2D eigenvalue weighted by molar-refractivity contribution is -0.141. The lowest BCUT2D eigenvalue weighted by atomic mass is 9.87. The average Bonchev–Trinajstić information content (AvgIpc) is 3.06. The average molecular weight is 279 g/mol. The second-order valence-electron chi connectivity index (χ2n) is 5.35. The Morgan fingerprint density at radius 2 is 2.21 bits per heavy atom. The standard InChI is InChI=1S/C14H17NO3S/c16-13(15-6-4-9(8-15)14(17)18)11-2-1-3-12-10(11)5-7-19-12/h5,7,9,11H,1-4,6,8H2,(H,17,18). The fraction of sp³-hybridized carbons (Fsp3) is 0.571. The van der Waals surface area contributed by atoms with Gasteiger partial charge in [-0.25, -0.2) is 0 Å². The minimum absolute atomic E-state index is 0.0393. The molecule has 1 aliphatic carbocycles. The zero-order valence-electron chi connectivity index (χ0n) is 10.7. The van der Waals surface area contributed by atoms with E-state index in [1.54, 1.807) is 16.2 Å². The van der Waals surface area contributed by atoms with E-state index in [1.165, 1.54) is 10.4 Å². The second-order valence-corrected chi connectivity index (χ2v) is 6.35. The Morgan fingerprint density at radius 1 is 1.37 bits per heavy atom. The van der Waals surface area contributed by atoms with Gasteiger partial charge in [-0.05, 0) is 42.7 Å². The van der Waals surface area contributed by atoms with Crippen LogP contribution in [0.5, 0.6) is 0 Å². The van der Waals surface area contributed by atoms with Crippen LogP contribution in [0.15, 0.2) is 11.4 Å². The molecule has 2 aliphatic rings. The van der Waals surface area contributed by atoms with E-state index in [-0.39, 0.29) is 17.7 Å². The lowest BCUT2D eigenvalue weighted by Gasteiger charge is -2.26. The zero-order valence-corrected chi connectivity index (χ0v) is 11.5. The molecule has 1 N–H and O–H groups in total. The summed E-state index contributed by atoms with van der Waals surface area (Å²) in [5, 5.41) is 11.1. The van der Waals surface area contributed by atoms with Gasteiger partial charge in [0.25, 0.3) is 0 Å². The van der Waals surface area contributed by atoms with Crippen LogP contribution in [-0.2, 0) is 16.0 Å². The van der Waals surface area contributed by atoms with Gasteiger partial charge >= 0.3 is 5.97 Å². The summed E-state index contributed by atoms with van der Waals surface area (Å²) in [6.45, 7) is 0.968. The Balaban J connectivity index is 1.74. The largest absolute Gasteiger partial charge is 0.481 e.